The first-order valence-corrected chi connectivity index (χ1v) is 13.3. The summed E-state index contributed by atoms with van der Waals surface area (Å²) in [5, 5.41) is 2.73. The number of halogens is 1. The monoisotopic (exact) mass is 526 g/mol. The van der Waals surface area contributed by atoms with Gasteiger partial charge in [0.2, 0.25) is 5.91 Å². The highest BCUT2D eigenvalue weighted by Crippen LogP contribution is 2.38. The number of carbonyl (C=O) groups excluding carboxylic acids is 2. The van der Waals surface area contributed by atoms with Gasteiger partial charge >= 0.3 is 0 Å². The molecule has 2 aromatic carbocycles. The molecular weight excluding hydrogens is 496 g/mol. The SMILES string of the molecule is CCC(C)N(CC(=O)N1CCc2sccc2C1c1ccc(Cl)cc1)C(=O)c1ccc(OC)cc1OC. The second-order valence-corrected chi connectivity index (χ2v) is 10.3. The molecule has 1 aromatic heterocycles. The van der Waals surface area contributed by atoms with E-state index in [4.69, 9.17) is 21.1 Å². The van der Waals surface area contributed by atoms with Crippen molar-refractivity contribution in [2.75, 3.05) is 27.3 Å². The molecule has 3 aromatic rings. The molecule has 1 aliphatic rings. The quantitative estimate of drug-likeness (QED) is 0.370. The highest BCUT2D eigenvalue weighted by Gasteiger charge is 2.35. The third kappa shape index (κ3) is 5.22. The molecule has 8 heteroatoms. The number of methoxy groups -OCH3 is 2. The zero-order chi connectivity index (χ0) is 25.8. The highest BCUT2D eigenvalue weighted by atomic mass is 35.5. The first-order valence-electron chi connectivity index (χ1n) is 12.0. The second kappa shape index (κ2) is 11.4. The number of nitrogens with zero attached hydrogens (tertiary/aromatic N) is 2. The molecule has 4 rings (SSSR count). The standard InChI is InChI=1S/C28H31ClN2O4S/c1-5-18(2)31(28(33)22-11-10-21(34-3)16-24(22)35-4)17-26(32)30-14-12-25-23(13-15-36-25)27(30)19-6-8-20(29)9-7-19/h6-11,13,15-16,18,27H,5,12,14,17H2,1-4H3. The van der Waals surface area contributed by atoms with Crippen LogP contribution < -0.4 is 9.47 Å². The zero-order valence-corrected chi connectivity index (χ0v) is 22.6. The van der Waals surface area contributed by atoms with E-state index < -0.39 is 0 Å². The van der Waals surface area contributed by atoms with Crippen LogP contribution in [-0.4, -0.2) is 55.0 Å². The first-order chi connectivity index (χ1) is 17.4. The fraction of sp³-hybridized carbons (Fsp3) is 0.357. The van der Waals surface area contributed by atoms with E-state index in [2.05, 4.69) is 11.4 Å². The van der Waals surface area contributed by atoms with Gasteiger partial charge < -0.3 is 19.3 Å². The maximum Gasteiger partial charge on any atom is 0.258 e. The van der Waals surface area contributed by atoms with Gasteiger partial charge in [0.05, 0.1) is 25.8 Å². The van der Waals surface area contributed by atoms with Gasteiger partial charge in [-0.25, -0.2) is 0 Å². The lowest BCUT2D eigenvalue weighted by Gasteiger charge is -2.38. The summed E-state index contributed by atoms with van der Waals surface area (Å²) in [6, 6.07) is 14.5. The van der Waals surface area contributed by atoms with Crippen molar-refractivity contribution in [1.82, 2.24) is 9.80 Å². The van der Waals surface area contributed by atoms with E-state index in [-0.39, 0.29) is 30.4 Å². The molecule has 0 N–H and O–H groups in total. The normalized spacial score (nSPS) is 15.7. The summed E-state index contributed by atoms with van der Waals surface area (Å²) in [5.74, 6) is 0.682. The number of hydrogen-bond donors (Lipinski definition) is 0. The van der Waals surface area contributed by atoms with Gasteiger partial charge in [0, 0.05) is 28.6 Å². The predicted molar refractivity (Wildman–Crippen MR) is 143 cm³/mol. The Morgan fingerprint density at radius 2 is 1.89 bits per heavy atom. The Hall–Kier alpha value is -3.03. The van der Waals surface area contributed by atoms with Gasteiger partial charge in [-0.1, -0.05) is 30.7 Å². The van der Waals surface area contributed by atoms with E-state index >= 15 is 0 Å². The van der Waals surface area contributed by atoms with Crippen molar-refractivity contribution in [2.24, 2.45) is 0 Å². The van der Waals surface area contributed by atoms with E-state index in [1.165, 1.54) is 12.0 Å². The summed E-state index contributed by atoms with van der Waals surface area (Å²) < 4.78 is 10.8. The first kappa shape index (κ1) is 26.0. The van der Waals surface area contributed by atoms with E-state index in [0.29, 0.717) is 35.1 Å². The topological polar surface area (TPSA) is 59.1 Å². The summed E-state index contributed by atoms with van der Waals surface area (Å²) in [5.41, 5.74) is 2.55. The summed E-state index contributed by atoms with van der Waals surface area (Å²) in [4.78, 5) is 32.4. The fourth-order valence-electron chi connectivity index (χ4n) is 4.60. The van der Waals surface area contributed by atoms with E-state index in [0.717, 1.165) is 17.5 Å². The molecule has 1 aliphatic heterocycles. The number of hydrogen-bond acceptors (Lipinski definition) is 5. The van der Waals surface area contributed by atoms with Crippen molar-refractivity contribution in [3.63, 3.8) is 0 Å². The Kier molecular flexibility index (Phi) is 8.21. The van der Waals surface area contributed by atoms with Crippen LogP contribution in [0.25, 0.3) is 0 Å². The van der Waals surface area contributed by atoms with Crippen LogP contribution in [0.3, 0.4) is 0 Å². The van der Waals surface area contributed by atoms with Gasteiger partial charge in [-0.15, -0.1) is 11.3 Å². The number of rotatable bonds is 8. The van der Waals surface area contributed by atoms with Crippen molar-refractivity contribution in [2.45, 2.75) is 38.8 Å². The van der Waals surface area contributed by atoms with Gasteiger partial charge in [-0.05, 0) is 66.6 Å². The average molecular weight is 527 g/mol. The Bertz CT molecular complexity index is 1230. The van der Waals surface area contributed by atoms with Crippen molar-refractivity contribution in [1.29, 1.82) is 0 Å². The third-order valence-electron chi connectivity index (χ3n) is 6.80. The number of fused-ring (bicyclic) bond motifs is 1. The Balaban J connectivity index is 1.65. The molecule has 6 nitrogen and oxygen atoms in total. The van der Waals surface area contributed by atoms with Crippen molar-refractivity contribution in [3.05, 3.63) is 80.5 Å². The van der Waals surface area contributed by atoms with Crippen molar-refractivity contribution >= 4 is 34.8 Å². The molecule has 0 saturated heterocycles. The molecule has 0 bridgehead atoms. The maximum absolute atomic E-state index is 13.9. The van der Waals surface area contributed by atoms with Gasteiger partial charge in [0.15, 0.2) is 0 Å². The lowest BCUT2D eigenvalue weighted by Crippen LogP contribution is -2.49. The number of ether oxygens (including phenoxy) is 2. The lowest BCUT2D eigenvalue weighted by atomic mass is 9.93. The van der Waals surface area contributed by atoms with Crippen LogP contribution in [0.2, 0.25) is 5.02 Å². The molecule has 190 valence electrons. The molecule has 0 spiro atoms. The largest absolute Gasteiger partial charge is 0.497 e. The van der Waals surface area contributed by atoms with E-state index in [9.17, 15) is 9.59 Å². The smallest absolute Gasteiger partial charge is 0.258 e. The Morgan fingerprint density at radius 3 is 2.56 bits per heavy atom. The molecular formula is C28H31ClN2O4S. The average Bonchev–Trinajstić information content (AvgIpc) is 3.39. The minimum atomic E-state index is -0.242. The van der Waals surface area contributed by atoms with Crippen LogP contribution in [0, 0.1) is 0 Å². The summed E-state index contributed by atoms with van der Waals surface area (Å²) in [6.07, 6.45) is 1.51. The number of carbonyl (C=O) groups is 2. The lowest BCUT2D eigenvalue weighted by molar-refractivity contribution is -0.134. The minimum absolute atomic E-state index is 0.0212. The molecule has 2 amide bonds. The van der Waals surface area contributed by atoms with Crippen LogP contribution >= 0.6 is 22.9 Å². The summed E-state index contributed by atoms with van der Waals surface area (Å²) in [7, 11) is 3.09. The molecule has 0 radical (unpaired) electrons. The minimum Gasteiger partial charge on any atom is -0.497 e. The van der Waals surface area contributed by atoms with Crippen molar-refractivity contribution < 1.29 is 19.1 Å². The van der Waals surface area contributed by atoms with Gasteiger partial charge in [0.25, 0.3) is 5.91 Å². The van der Waals surface area contributed by atoms with Gasteiger partial charge in [-0.2, -0.15) is 0 Å². The number of benzene rings is 2. The van der Waals surface area contributed by atoms with Crippen molar-refractivity contribution in [3.8, 4) is 11.5 Å². The number of amides is 2. The van der Waals surface area contributed by atoms with E-state index in [1.54, 1.807) is 41.5 Å². The van der Waals surface area contributed by atoms with Crippen LogP contribution in [-0.2, 0) is 11.2 Å². The molecule has 0 fully saturated rings. The van der Waals surface area contributed by atoms with Crippen LogP contribution in [0.5, 0.6) is 11.5 Å². The summed E-state index contributed by atoms with van der Waals surface area (Å²) in [6.45, 7) is 4.54. The molecule has 2 atom stereocenters. The molecule has 2 heterocycles. The Labute approximate surface area is 221 Å². The number of thiophene rings is 1. The van der Waals surface area contributed by atoms with Gasteiger partial charge in [-0.3, -0.25) is 9.59 Å². The van der Waals surface area contributed by atoms with Crippen LogP contribution in [0.4, 0.5) is 0 Å². The highest BCUT2D eigenvalue weighted by molar-refractivity contribution is 7.10. The molecule has 2 unspecified atom stereocenters. The fourth-order valence-corrected chi connectivity index (χ4v) is 5.63. The zero-order valence-electron chi connectivity index (χ0n) is 21.0. The van der Waals surface area contributed by atoms with E-state index in [1.807, 2.05) is 43.0 Å². The van der Waals surface area contributed by atoms with Crippen LogP contribution in [0.15, 0.2) is 53.9 Å². The van der Waals surface area contributed by atoms with Gasteiger partial charge in [0.1, 0.15) is 18.0 Å². The predicted octanol–water partition coefficient (Wildman–Crippen LogP) is 5.83. The molecule has 36 heavy (non-hydrogen) atoms. The third-order valence-corrected chi connectivity index (χ3v) is 8.05. The van der Waals surface area contributed by atoms with Crippen LogP contribution in [0.1, 0.15) is 52.7 Å². The molecule has 0 saturated carbocycles. The maximum atomic E-state index is 13.9. The molecule has 0 aliphatic carbocycles. The Morgan fingerprint density at radius 1 is 1.14 bits per heavy atom. The summed E-state index contributed by atoms with van der Waals surface area (Å²) >= 11 is 7.86. The second-order valence-electron chi connectivity index (χ2n) is 8.85.